The second-order valence-corrected chi connectivity index (χ2v) is 4.08. The molecule has 0 saturated carbocycles. The van der Waals surface area contributed by atoms with E-state index in [2.05, 4.69) is 4.98 Å². The van der Waals surface area contributed by atoms with Gasteiger partial charge in [-0.3, -0.25) is 4.98 Å². The van der Waals surface area contributed by atoms with Crippen molar-refractivity contribution < 1.29 is 9.53 Å². The molecule has 92 valence electrons. The molecule has 1 unspecified atom stereocenters. The predicted octanol–water partition coefficient (Wildman–Crippen LogP) is 2.62. The van der Waals surface area contributed by atoms with Crippen molar-refractivity contribution in [2.24, 2.45) is 0 Å². The third-order valence-electron chi connectivity index (χ3n) is 2.89. The van der Waals surface area contributed by atoms with Crippen LogP contribution in [0, 0.1) is 0 Å². The molecule has 0 aliphatic heterocycles. The van der Waals surface area contributed by atoms with Gasteiger partial charge >= 0.3 is 0 Å². The molecule has 1 heterocycles. The highest BCUT2D eigenvalue weighted by atomic mass is 16.5. The zero-order valence-corrected chi connectivity index (χ0v) is 10.2. The third-order valence-corrected chi connectivity index (χ3v) is 2.89. The molecular weight excluding hydrogens is 226 g/mol. The van der Waals surface area contributed by atoms with Gasteiger partial charge in [-0.05, 0) is 41.8 Å². The molecule has 1 aromatic heterocycles. The van der Waals surface area contributed by atoms with Gasteiger partial charge in [0.25, 0.3) is 0 Å². The van der Waals surface area contributed by atoms with Crippen LogP contribution >= 0.6 is 0 Å². The summed E-state index contributed by atoms with van der Waals surface area (Å²) in [6.45, 7) is 0. The standard InChI is InChI=1S/C15H15NO2/c1-18-15-4-2-3-13(10-15)14(11-17)9-12-5-7-16-8-6-12/h2-8,10-11,14H,9H2,1H3. The first-order chi connectivity index (χ1) is 8.83. The van der Waals surface area contributed by atoms with Gasteiger partial charge in [0.05, 0.1) is 7.11 Å². The molecule has 0 bridgehead atoms. The minimum absolute atomic E-state index is 0.150. The van der Waals surface area contributed by atoms with Crippen molar-refractivity contribution in [1.29, 1.82) is 0 Å². The average Bonchev–Trinajstić information content (AvgIpc) is 2.46. The topological polar surface area (TPSA) is 39.2 Å². The lowest BCUT2D eigenvalue weighted by molar-refractivity contribution is -0.109. The van der Waals surface area contributed by atoms with Gasteiger partial charge in [0.15, 0.2) is 0 Å². The number of carbonyl (C=O) groups excluding carboxylic acids is 1. The first-order valence-electron chi connectivity index (χ1n) is 5.81. The van der Waals surface area contributed by atoms with Crippen LogP contribution < -0.4 is 4.74 Å². The number of nitrogens with zero attached hydrogens (tertiary/aromatic N) is 1. The maximum absolute atomic E-state index is 11.3. The molecule has 18 heavy (non-hydrogen) atoms. The van der Waals surface area contributed by atoms with Crippen LogP contribution in [-0.2, 0) is 11.2 Å². The Morgan fingerprint density at radius 3 is 2.72 bits per heavy atom. The first kappa shape index (κ1) is 12.3. The van der Waals surface area contributed by atoms with Crippen molar-refractivity contribution in [1.82, 2.24) is 4.98 Å². The van der Waals surface area contributed by atoms with E-state index in [9.17, 15) is 4.79 Å². The number of rotatable bonds is 5. The summed E-state index contributed by atoms with van der Waals surface area (Å²) in [5.74, 6) is 0.622. The third kappa shape index (κ3) is 2.94. The van der Waals surface area contributed by atoms with E-state index in [1.807, 2.05) is 36.4 Å². The van der Waals surface area contributed by atoms with Crippen molar-refractivity contribution >= 4 is 6.29 Å². The quantitative estimate of drug-likeness (QED) is 0.755. The van der Waals surface area contributed by atoms with Crippen molar-refractivity contribution in [2.75, 3.05) is 7.11 Å². The molecule has 0 spiro atoms. The molecule has 3 nitrogen and oxygen atoms in total. The zero-order valence-electron chi connectivity index (χ0n) is 10.2. The van der Waals surface area contributed by atoms with Gasteiger partial charge in [-0.15, -0.1) is 0 Å². The molecule has 3 heteroatoms. The largest absolute Gasteiger partial charge is 0.497 e. The number of ether oxygens (including phenoxy) is 1. The van der Waals surface area contributed by atoms with Crippen molar-refractivity contribution in [3.05, 3.63) is 59.9 Å². The number of pyridine rings is 1. The fourth-order valence-corrected chi connectivity index (χ4v) is 1.89. The Hall–Kier alpha value is -2.16. The smallest absolute Gasteiger partial charge is 0.127 e. The lowest BCUT2D eigenvalue weighted by Gasteiger charge is -2.11. The summed E-state index contributed by atoms with van der Waals surface area (Å²) >= 11 is 0. The van der Waals surface area contributed by atoms with E-state index >= 15 is 0 Å². The molecular formula is C15H15NO2. The lowest BCUT2D eigenvalue weighted by Crippen LogP contribution is -2.04. The Kier molecular flexibility index (Phi) is 4.07. The van der Waals surface area contributed by atoms with Crippen LogP contribution in [0.3, 0.4) is 0 Å². The SMILES string of the molecule is COc1cccc(C(C=O)Cc2ccncc2)c1. The number of aldehydes is 1. The zero-order chi connectivity index (χ0) is 12.8. The Morgan fingerprint density at radius 1 is 1.28 bits per heavy atom. The second kappa shape index (κ2) is 5.96. The lowest BCUT2D eigenvalue weighted by atomic mass is 9.93. The van der Waals surface area contributed by atoms with Gasteiger partial charge in [-0.1, -0.05) is 12.1 Å². The first-order valence-corrected chi connectivity index (χ1v) is 5.81. The van der Waals surface area contributed by atoms with E-state index < -0.39 is 0 Å². The summed E-state index contributed by atoms with van der Waals surface area (Å²) in [4.78, 5) is 15.2. The van der Waals surface area contributed by atoms with Crippen LogP contribution in [0.15, 0.2) is 48.8 Å². The molecule has 2 aromatic rings. The summed E-state index contributed by atoms with van der Waals surface area (Å²) in [5, 5.41) is 0. The van der Waals surface area contributed by atoms with Gasteiger partial charge in [-0.25, -0.2) is 0 Å². The number of benzene rings is 1. The van der Waals surface area contributed by atoms with Crippen molar-refractivity contribution in [2.45, 2.75) is 12.3 Å². The summed E-state index contributed by atoms with van der Waals surface area (Å²) in [6.07, 6.45) is 5.14. The van der Waals surface area contributed by atoms with Crippen LogP contribution in [0.2, 0.25) is 0 Å². The van der Waals surface area contributed by atoms with Crippen LogP contribution in [0.1, 0.15) is 17.0 Å². The van der Waals surface area contributed by atoms with E-state index in [4.69, 9.17) is 4.74 Å². The van der Waals surface area contributed by atoms with Crippen LogP contribution in [0.5, 0.6) is 5.75 Å². The maximum atomic E-state index is 11.3. The van der Waals surface area contributed by atoms with Gasteiger partial charge in [0.1, 0.15) is 12.0 Å². The summed E-state index contributed by atoms with van der Waals surface area (Å²) in [5.41, 5.74) is 2.08. The monoisotopic (exact) mass is 241 g/mol. The van der Waals surface area contributed by atoms with Gasteiger partial charge in [-0.2, -0.15) is 0 Å². The molecule has 0 aliphatic carbocycles. The van der Waals surface area contributed by atoms with E-state index in [1.165, 1.54) is 0 Å². The Morgan fingerprint density at radius 2 is 2.06 bits per heavy atom. The number of hydrogen-bond acceptors (Lipinski definition) is 3. The molecule has 0 aliphatic rings. The van der Waals surface area contributed by atoms with Crippen molar-refractivity contribution in [3.8, 4) is 5.75 Å². The summed E-state index contributed by atoms with van der Waals surface area (Å²) < 4.78 is 5.17. The van der Waals surface area contributed by atoms with Crippen molar-refractivity contribution in [3.63, 3.8) is 0 Å². The fourth-order valence-electron chi connectivity index (χ4n) is 1.89. The molecule has 0 N–H and O–H groups in total. The molecule has 0 radical (unpaired) electrons. The highest BCUT2D eigenvalue weighted by molar-refractivity contribution is 5.63. The van der Waals surface area contributed by atoms with E-state index in [0.29, 0.717) is 6.42 Å². The highest BCUT2D eigenvalue weighted by Gasteiger charge is 2.12. The molecule has 0 fully saturated rings. The van der Waals surface area contributed by atoms with Crippen LogP contribution in [0.4, 0.5) is 0 Å². The Balaban J connectivity index is 2.20. The minimum atomic E-state index is -0.150. The number of carbonyl (C=O) groups is 1. The molecule has 0 saturated heterocycles. The molecule has 1 aromatic carbocycles. The van der Waals surface area contributed by atoms with Crippen LogP contribution in [0.25, 0.3) is 0 Å². The summed E-state index contributed by atoms with van der Waals surface area (Å²) in [7, 11) is 1.62. The van der Waals surface area contributed by atoms with E-state index in [1.54, 1.807) is 19.5 Å². The normalized spacial score (nSPS) is 11.8. The minimum Gasteiger partial charge on any atom is -0.497 e. The van der Waals surface area contributed by atoms with Crippen LogP contribution in [-0.4, -0.2) is 18.4 Å². The highest BCUT2D eigenvalue weighted by Crippen LogP contribution is 2.22. The Bertz CT molecular complexity index is 511. The molecule has 2 rings (SSSR count). The van der Waals surface area contributed by atoms with Gasteiger partial charge < -0.3 is 9.53 Å². The Labute approximate surface area is 106 Å². The van der Waals surface area contributed by atoms with Gasteiger partial charge in [0, 0.05) is 18.3 Å². The number of aromatic nitrogens is 1. The molecule has 0 amide bonds. The number of hydrogen-bond donors (Lipinski definition) is 0. The predicted molar refractivity (Wildman–Crippen MR) is 69.7 cm³/mol. The van der Waals surface area contributed by atoms with E-state index in [-0.39, 0.29) is 5.92 Å². The summed E-state index contributed by atoms with van der Waals surface area (Å²) in [6, 6.07) is 11.5. The second-order valence-electron chi connectivity index (χ2n) is 4.08. The number of methoxy groups -OCH3 is 1. The average molecular weight is 241 g/mol. The maximum Gasteiger partial charge on any atom is 0.127 e. The molecule has 1 atom stereocenters. The van der Waals surface area contributed by atoms with E-state index in [0.717, 1.165) is 23.2 Å². The van der Waals surface area contributed by atoms with Gasteiger partial charge in [0.2, 0.25) is 0 Å². The fraction of sp³-hybridized carbons (Fsp3) is 0.200.